The molecule has 0 saturated carbocycles. The average Bonchev–Trinajstić information content (AvgIpc) is 3.48. The molecule has 0 aliphatic heterocycles. The zero-order valence-electron chi connectivity index (χ0n) is 26.7. The Morgan fingerprint density at radius 2 is 1.04 bits per heavy atom. The molecule has 0 aliphatic rings. The molecular formula is C44H35N3. The maximum absolute atomic E-state index is 5.05. The molecule has 0 amide bonds. The molecule has 2 aromatic heterocycles. The summed E-state index contributed by atoms with van der Waals surface area (Å²) in [5.74, 6) is 0.722. The minimum absolute atomic E-state index is 0.722. The molecule has 3 heteroatoms. The first-order valence-corrected chi connectivity index (χ1v) is 16.5. The Morgan fingerprint density at radius 1 is 0.447 bits per heavy atom. The number of aryl methyl sites for hydroxylation is 2. The van der Waals surface area contributed by atoms with Crippen LogP contribution in [0.4, 0.5) is 0 Å². The number of nitrogens with zero attached hydrogens (tertiary/aromatic N) is 3. The molecule has 47 heavy (non-hydrogen) atoms. The first-order chi connectivity index (χ1) is 23.2. The molecule has 6 aromatic carbocycles. The van der Waals surface area contributed by atoms with Gasteiger partial charge in [-0.1, -0.05) is 129 Å². The van der Waals surface area contributed by atoms with E-state index in [4.69, 9.17) is 9.97 Å². The highest BCUT2D eigenvalue weighted by Crippen LogP contribution is 2.38. The van der Waals surface area contributed by atoms with Crippen LogP contribution in [0.5, 0.6) is 0 Å². The van der Waals surface area contributed by atoms with E-state index in [0.717, 1.165) is 52.4 Å². The fourth-order valence-corrected chi connectivity index (χ4v) is 6.82. The molecule has 2 heterocycles. The van der Waals surface area contributed by atoms with Gasteiger partial charge in [-0.15, -0.1) is 0 Å². The smallest absolute Gasteiger partial charge is 0.160 e. The number of hydrogen-bond donors (Lipinski definition) is 0. The molecular weight excluding hydrogens is 571 g/mol. The largest absolute Gasteiger partial charge is 0.309 e. The van der Waals surface area contributed by atoms with Crippen LogP contribution >= 0.6 is 0 Å². The molecule has 0 saturated heterocycles. The van der Waals surface area contributed by atoms with E-state index in [1.54, 1.807) is 0 Å². The van der Waals surface area contributed by atoms with Crippen molar-refractivity contribution in [2.24, 2.45) is 0 Å². The number of rotatable bonds is 7. The second-order valence-corrected chi connectivity index (χ2v) is 12.0. The lowest BCUT2D eigenvalue weighted by Gasteiger charge is -2.15. The van der Waals surface area contributed by atoms with Gasteiger partial charge in [0.05, 0.1) is 22.4 Å². The van der Waals surface area contributed by atoms with Gasteiger partial charge in [0, 0.05) is 33.2 Å². The summed E-state index contributed by atoms with van der Waals surface area (Å²) >= 11 is 0. The standard InChI is InChI=1S/C44H35N3/c1-3-30-15-11-12-20-36(30)38-28-43-39(27-31(38)4-2)37-21-13-14-22-42(37)47(43)35-25-23-33(24-26-35)41-29-40(32-16-7-5-8-17-32)45-44(46-41)34-18-9-6-10-19-34/h5-29H,3-4H2,1-2H3. The van der Waals surface area contributed by atoms with Gasteiger partial charge < -0.3 is 4.57 Å². The normalized spacial score (nSPS) is 11.4. The van der Waals surface area contributed by atoms with Crippen LogP contribution in [-0.2, 0) is 12.8 Å². The Bertz CT molecular complexity index is 2290. The molecule has 0 aliphatic carbocycles. The summed E-state index contributed by atoms with van der Waals surface area (Å²) in [5.41, 5.74) is 13.9. The van der Waals surface area contributed by atoms with Gasteiger partial charge in [0.15, 0.2) is 5.82 Å². The highest BCUT2D eigenvalue weighted by atomic mass is 15.0. The van der Waals surface area contributed by atoms with Crippen LogP contribution in [-0.4, -0.2) is 14.5 Å². The minimum Gasteiger partial charge on any atom is -0.309 e. The van der Waals surface area contributed by atoms with Crippen LogP contribution in [0.3, 0.4) is 0 Å². The molecule has 226 valence electrons. The van der Waals surface area contributed by atoms with E-state index in [-0.39, 0.29) is 0 Å². The van der Waals surface area contributed by atoms with Gasteiger partial charge in [0.1, 0.15) is 0 Å². The van der Waals surface area contributed by atoms with Crippen LogP contribution in [0, 0.1) is 0 Å². The van der Waals surface area contributed by atoms with Crippen molar-refractivity contribution < 1.29 is 0 Å². The summed E-state index contributed by atoms with van der Waals surface area (Å²) in [6, 6.07) is 53.9. The van der Waals surface area contributed by atoms with E-state index in [0.29, 0.717) is 0 Å². The number of aromatic nitrogens is 3. The van der Waals surface area contributed by atoms with E-state index in [2.05, 4.69) is 146 Å². The second-order valence-electron chi connectivity index (χ2n) is 12.0. The van der Waals surface area contributed by atoms with Gasteiger partial charge in [-0.2, -0.15) is 0 Å². The van der Waals surface area contributed by atoms with Gasteiger partial charge in [-0.3, -0.25) is 0 Å². The molecule has 8 aromatic rings. The molecule has 0 fully saturated rings. The first-order valence-electron chi connectivity index (χ1n) is 16.5. The Balaban J connectivity index is 1.29. The summed E-state index contributed by atoms with van der Waals surface area (Å²) in [6.45, 7) is 4.50. The van der Waals surface area contributed by atoms with E-state index in [1.807, 2.05) is 24.3 Å². The lowest BCUT2D eigenvalue weighted by molar-refractivity contribution is 1.12. The third-order valence-electron chi connectivity index (χ3n) is 9.22. The van der Waals surface area contributed by atoms with Crippen molar-refractivity contribution in [1.82, 2.24) is 14.5 Å². The lowest BCUT2D eigenvalue weighted by Crippen LogP contribution is -1.98. The Hall–Kier alpha value is -5.80. The van der Waals surface area contributed by atoms with E-state index in [9.17, 15) is 0 Å². The van der Waals surface area contributed by atoms with Gasteiger partial charge in [-0.05, 0) is 71.5 Å². The van der Waals surface area contributed by atoms with Gasteiger partial charge in [0.2, 0.25) is 0 Å². The fourth-order valence-electron chi connectivity index (χ4n) is 6.82. The molecule has 0 atom stereocenters. The van der Waals surface area contributed by atoms with E-state index >= 15 is 0 Å². The fraction of sp³-hybridized carbons (Fsp3) is 0.0909. The van der Waals surface area contributed by atoms with Gasteiger partial charge in [-0.25, -0.2) is 9.97 Å². The third-order valence-corrected chi connectivity index (χ3v) is 9.22. The molecule has 0 unspecified atom stereocenters. The maximum Gasteiger partial charge on any atom is 0.160 e. The van der Waals surface area contributed by atoms with E-state index < -0.39 is 0 Å². The lowest BCUT2D eigenvalue weighted by atomic mass is 9.92. The van der Waals surface area contributed by atoms with Crippen molar-refractivity contribution in [3.8, 4) is 50.7 Å². The van der Waals surface area contributed by atoms with Crippen molar-refractivity contribution in [2.75, 3.05) is 0 Å². The summed E-state index contributed by atoms with van der Waals surface area (Å²) in [6.07, 6.45) is 1.98. The van der Waals surface area contributed by atoms with Crippen molar-refractivity contribution in [2.45, 2.75) is 26.7 Å². The van der Waals surface area contributed by atoms with Crippen LogP contribution < -0.4 is 0 Å². The molecule has 0 spiro atoms. The van der Waals surface area contributed by atoms with Crippen molar-refractivity contribution >= 4 is 21.8 Å². The first kappa shape index (κ1) is 28.7. The quantitative estimate of drug-likeness (QED) is 0.181. The van der Waals surface area contributed by atoms with E-state index in [1.165, 1.54) is 44.1 Å². The van der Waals surface area contributed by atoms with Crippen LogP contribution in [0.2, 0.25) is 0 Å². The summed E-state index contributed by atoms with van der Waals surface area (Å²) in [5, 5.41) is 2.56. The van der Waals surface area contributed by atoms with Crippen molar-refractivity contribution in [3.63, 3.8) is 0 Å². The molecule has 8 rings (SSSR count). The monoisotopic (exact) mass is 605 g/mol. The Labute approximate surface area is 275 Å². The molecule has 0 radical (unpaired) electrons. The highest BCUT2D eigenvalue weighted by Gasteiger charge is 2.17. The Morgan fingerprint density at radius 3 is 1.74 bits per heavy atom. The predicted octanol–water partition coefficient (Wildman–Crippen LogP) is 11.4. The number of fused-ring (bicyclic) bond motifs is 3. The second kappa shape index (κ2) is 12.2. The SMILES string of the molecule is CCc1ccccc1-c1cc2c(cc1CC)c1ccccc1n2-c1ccc(-c2cc(-c3ccccc3)nc(-c3ccccc3)n2)cc1. The Kier molecular flexibility index (Phi) is 7.43. The van der Waals surface area contributed by atoms with Crippen molar-refractivity contribution in [1.29, 1.82) is 0 Å². The summed E-state index contributed by atoms with van der Waals surface area (Å²) < 4.78 is 2.41. The summed E-state index contributed by atoms with van der Waals surface area (Å²) in [7, 11) is 0. The van der Waals surface area contributed by atoms with Gasteiger partial charge in [0.25, 0.3) is 0 Å². The number of hydrogen-bond acceptors (Lipinski definition) is 2. The van der Waals surface area contributed by atoms with Crippen LogP contribution in [0.15, 0.2) is 152 Å². The zero-order chi connectivity index (χ0) is 31.7. The molecule has 0 N–H and O–H groups in total. The summed E-state index contributed by atoms with van der Waals surface area (Å²) in [4.78, 5) is 10.0. The van der Waals surface area contributed by atoms with Crippen LogP contribution in [0.1, 0.15) is 25.0 Å². The number of para-hydroxylation sites is 1. The number of benzene rings is 6. The van der Waals surface area contributed by atoms with Crippen molar-refractivity contribution in [3.05, 3.63) is 163 Å². The third kappa shape index (κ3) is 5.20. The topological polar surface area (TPSA) is 30.7 Å². The minimum atomic E-state index is 0.722. The van der Waals surface area contributed by atoms with Crippen LogP contribution in [0.25, 0.3) is 72.5 Å². The highest BCUT2D eigenvalue weighted by molar-refractivity contribution is 6.10. The predicted molar refractivity (Wildman–Crippen MR) is 197 cm³/mol. The zero-order valence-corrected chi connectivity index (χ0v) is 26.7. The molecule has 0 bridgehead atoms. The maximum atomic E-state index is 5.05. The average molecular weight is 606 g/mol. The molecule has 3 nitrogen and oxygen atoms in total. The van der Waals surface area contributed by atoms with Gasteiger partial charge >= 0.3 is 0 Å².